The fourth-order valence-electron chi connectivity index (χ4n) is 4.20. The first kappa shape index (κ1) is 37.8. The number of carbonyl (C=O) groups excluding carboxylic acids is 2. The predicted molar refractivity (Wildman–Crippen MR) is 169 cm³/mol. The Morgan fingerprint density at radius 2 is 1.44 bits per heavy atom. The van der Waals surface area contributed by atoms with Gasteiger partial charge < -0.3 is 19.4 Å². The van der Waals surface area contributed by atoms with Crippen molar-refractivity contribution in [2.45, 2.75) is 155 Å². The van der Waals surface area contributed by atoms with Gasteiger partial charge in [-0.05, 0) is 58.0 Å². The smallest absolute Gasteiger partial charge is 0.305 e. The van der Waals surface area contributed by atoms with E-state index in [4.69, 9.17) is 9.16 Å². The molecule has 0 saturated heterocycles. The molecule has 2 atom stereocenters. The normalized spacial score (nSPS) is 14.1. The van der Waals surface area contributed by atoms with Crippen LogP contribution in [0.15, 0.2) is 12.2 Å². The van der Waals surface area contributed by atoms with Gasteiger partial charge in [-0.25, -0.2) is 0 Å². The first-order valence-electron chi connectivity index (χ1n) is 15.7. The second-order valence-electron chi connectivity index (χ2n) is 13.0. The van der Waals surface area contributed by atoms with Gasteiger partial charge in [0, 0.05) is 13.3 Å². The molecule has 0 unspecified atom stereocenters. The molecule has 0 aromatic rings. The van der Waals surface area contributed by atoms with Crippen LogP contribution in [0.4, 0.5) is 0 Å². The quantitative estimate of drug-likeness (QED) is 0.0585. The van der Waals surface area contributed by atoms with E-state index >= 15 is 0 Å². The number of esters is 1. The van der Waals surface area contributed by atoms with Gasteiger partial charge in [-0.15, -0.1) is 0 Å². The summed E-state index contributed by atoms with van der Waals surface area (Å²) in [5.74, 6) is -0.380. The molecule has 7 heteroatoms. The van der Waals surface area contributed by atoms with Gasteiger partial charge in [-0.2, -0.15) is 0 Å². The topological polar surface area (TPSA) is 67.9 Å². The summed E-state index contributed by atoms with van der Waals surface area (Å²) >= 11 is 0. The molecule has 230 valence electrons. The lowest BCUT2D eigenvalue weighted by Gasteiger charge is -2.40. The molecule has 6 nitrogen and oxygen atoms in total. The minimum absolute atomic E-state index is 0.0265. The predicted octanol–water partition coefficient (Wildman–Crippen LogP) is 8.02. The average molecular weight is 569 g/mol. The number of allylic oxidation sites excluding steroid dienone is 1. The van der Waals surface area contributed by atoms with Crippen LogP contribution in [-0.4, -0.2) is 64.5 Å². The van der Waals surface area contributed by atoms with Crippen molar-refractivity contribution in [1.29, 1.82) is 0 Å². The highest BCUT2D eigenvalue weighted by molar-refractivity contribution is 6.74. The maximum absolute atomic E-state index is 12.4. The number of carbonyl (C=O) groups is 2. The van der Waals surface area contributed by atoms with Gasteiger partial charge in [0.05, 0.1) is 12.1 Å². The molecule has 0 saturated carbocycles. The molecule has 0 aromatic carbocycles. The number of rotatable bonds is 23. The third-order valence-corrected chi connectivity index (χ3v) is 12.2. The van der Waals surface area contributed by atoms with Crippen molar-refractivity contribution in [3.05, 3.63) is 12.2 Å². The Labute approximate surface area is 243 Å². The standard InChI is InChI=1S/C32H64N2O4Si/c1-10-11-12-13-14-15-16-17-18-19-20-21-22-24-30(38-39(8,9)32(3,4)5)29(33-28(2)35)27-37-31(36)25-23-26-34(6)7/h22,24,29-30H,10-21,23,25-27H2,1-9H3,(H,33,35)/b24-22+/t29-,30+/m0/s1. The van der Waals surface area contributed by atoms with Gasteiger partial charge in [0.1, 0.15) is 6.61 Å². The van der Waals surface area contributed by atoms with Crippen LogP contribution in [0.1, 0.15) is 125 Å². The lowest BCUT2D eigenvalue weighted by atomic mass is 10.0. The maximum Gasteiger partial charge on any atom is 0.305 e. The molecular weight excluding hydrogens is 504 g/mol. The fourth-order valence-corrected chi connectivity index (χ4v) is 5.48. The Balaban J connectivity index is 4.93. The Morgan fingerprint density at radius 3 is 1.92 bits per heavy atom. The minimum atomic E-state index is -2.13. The number of unbranched alkanes of at least 4 members (excludes halogenated alkanes) is 11. The van der Waals surface area contributed by atoms with E-state index in [9.17, 15) is 9.59 Å². The van der Waals surface area contributed by atoms with Gasteiger partial charge in [-0.3, -0.25) is 9.59 Å². The second kappa shape index (κ2) is 21.5. The Morgan fingerprint density at radius 1 is 0.897 bits per heavy atom. The van der Waals surface area contributed by atoms with Gasteiger partial charge in [0.2, 0.25) is 5.91 Å². The number of hydrogen-bond donors (Lipinski definition) is 1. The van der Waals surface area contributed by atoms with Crippen molar-refractivity contribution in [2.75, 3.05) is 27.2 Å². The van der Waals surface area contributed by atoms with Crippen molar-refractivity contribution in [2.24, 2.45) is 0 Å². The fraction of sp³-hybridized carbons (Fsp3) is 0.875. The molecule has 0 aliphatic rings. The first-order valence-corrected chi connectivity index (χ1v) is 18.6. The minimum Gasteiger partial charge on any atom is -0.463 e. The highest BCUT2D eigenvalue weighted by Gasteiger charge is 2.40. The van der Waals surface area contributed by atoms with Crippen LogP contribution >= 0.6 is 0 Å². The lowest BCUT2D eigenvalue weighted by Crippen LogP contribution is -2.52. The van der Waals surface area contributed by atoms with Crippen molar-refractivity contribution < 1.29 is 18.8 Å². The van der Waals surface area contributed by atoms with E-state index in [2.05, 4.69) is 63.2 Å². The molecule has 0 spiro atoms. The van der Waals surface area contributed by atoms with Crippen LogP contribution in [-0.2, 0) is 18.8 Å². The van der Waals surface area contributed by atoms with E-state index < -0.39 is 14.4 Å². The Kier molecular flexibility index (Phi) is 20.9. The monoisotopic (exact) mass is 568 g/mol. The largest absolute Gasteiger partial charge is 0.463 e. The summed E-state index contributed by atoms with van der Waals surface area (Å²) in [5, 5.41) is 3.03. The summed E-state index contributed by atoms with van der Waals surface area (Å²) in [6, 6.07) is -0.414. The molecular formula is C32H64N2O4Si. The van der Waals surface area contributed by atoms with Crippen molar-refractivity contribution >= 4 is 20.2 Å². The van der Waals surface area contributed by atoms with Crippen LogP contribution in [0.3, 0.4) is 0 Å². The SMILES string of the molecule is CCCCCCCCCCCCC/C=C/[C@@H](O[Si](C)(C)C(C)(C)C)[C@H](COC(=O)CCCN(C)C)NC(C)=O. The van der Waals surface area contributed by atoms with Gasteiger partial charge in [-0.1, -0.05) is 104 Å². The summed E-state index contributed by atoms with van der Waals surface area (Å²) in [6.45, 7) is 15.8. The molecule has 39 heavy (non-hydrogen) atoms. The number of hydrogen-bond acceptors (Lipinski definition) is 5. The molecule has 0 aliphatic heterocycles. The van der Waals surface area contributed by atoms with Crippen molar-refractivity contribution in [1.82, 2.24) is 10.2 Å². The van der Waals surface area contributed by atoms with Crippen LogP contribution in [0.25, 0.3) is 0 Å². The van der Waals surface area contributed by atoms with Gasteiger partial charge in [0.25, 0.3) is 0 Å². The number of amides is 1. The van der Waals surface area contributed by atoms with E-state index in [1.54, 1.807) is 0 Å². The second-order valence-corrected chi connectivity index (χ2v) is 17.7. The molecule has 1 N–H and O–H groups in total. The van der Waals surface area contributed by atoms with Gasteiger partial charge >= 0.3 is 5.97 Å². The van der Waals surface area contributed by atoms with Gasteiger partial charge in [0.15, 0.2) is 8.32 Å². The van der Waals surface area contributed by atoms with Crippen LogP contribution in [0.2, 0.25) is 18.1 Å². The number of ether oxygens (including phenoxy) is 1. The number of nitrogens with zero attached hydrogens (tertiary/aromatic N) is 1. The molecule has 0 aromatic heterocycles. The summed E-state index contributed by atoms with van der Waals surface area (Å²) in [4.78, 5) is 26.5. The number of nitrogens with one attached hydrogen (secondary N) is 1. The molecule has 0 radical (unpaired) electrons. The highest BCUT2D eigenvalue weighted by atomic mass is 28.4. The zero-order valence-electron chi connectivity index (χ0n) is 27.2. The van der Waals surface area contributed by atoms with E-state index in [-0.39, 0.29) is 29.6 Å². The first-order chi connectivity index (χ1) is 18.3. The molecule has 0 aliphatic carbocycles. The molecule has 0 fully saturated rings. The Bertz CT molecular complexity index is 674. The van der Waals surface area contributed by atoms with Crippen LogP contribution < -0.4 is 5.32 Å². The highest BCUT2D eigenvalue weighted by Crippen LogP contribution is 2.37. The molecule has 1 amide bonds. The third kappa shape index (κ3) is 20.4. The average Bonchev–Trinajstić information content (AvgIpc) is 2.82. The van der Waals surface area contributed by atoms with Crippen molar-refractivity contribution in [3.8, 4) is 0 Å². The molecule has 0 heterocycles. The maximum atomic E-state index is 12.4. The zero-order chi connectivity index (χ0) is 29.7. The van der Waals surface area contributed by atoms with Crippen molar-refractivity contribution in [3.63, 3.8) is 0 Å². The van der Waals surface area contributed by atoms with Crippen LogP contribution in [0, 0.1) is 0 Å². The zero-order valence-corrected chi connectivity index (χ0v) is 28.2. The third-order valence-electron chi connectivity index (χ3n) is 7.73. The summed E-state index contributed by atoms with van der Waals surface area (Å²) in [7, 11) is 1.85. The Hall–Kier alpha value is -1.18. The molecule has 0 rings (SSSR count). The molecule has 0 bridgehead atoms. The van der Waals surface area contributed by atoms with E-state index in [0.29, 0.717) is 6.42 Å². The summed E-state index contributed by atoms with van der Waals surface area (Å²) in [6.07, 6.45) is 20.7. The summed E-state index contributed by atoms with van der Waals surface area (Å²) in [5.41, 5.74) is 0. The van der Waals surface area contributed by atoms with E-state index in [0.717, 1.165) is 25.8 Å². The lowest BCUT2D eigenvalue weighted by molar-refractivity contribution is -0.145. The summed E-state index contributed by atoms with van der Waals surface area (Å²) < 4.78 is 12.4. The van der Waals surface area contributed by atoms with Crippen LogP contribution in [0.5, 0.6) is 0 Å². The van der Waals surface area contributed by atoms with E-state index in [1.807, 2.05) is 14.1 Å². The van der Waals surface area contributed by atoms with E-state index in [1.165, 1.54) is 71.1 Å².